The monoisotopic (exact) mass is 343 g/mol. The molecule has 0 atom stereocenters. The summed E-state index contributed by atoms with van der Waals surface area (Å²) < 4.78 is 15.3. The Labute approximate surface area is 146 Å². The number of rotatable bonds is 4. The number of hydrogen-bond acceptors (Lipinski definition) is 3. The molecule has 2 aromatic rings. The highest BCUT2D eigenvalue weighted by Gasteiger charge is 2.30. The molecule has 0 spiro atoms. The number of urea groups is 1. The minimum absolute atomic E-state index is 0.195. The Morgan fingerprint density at radius 2 is 2.20 bits per heavy atom. The van der Waals surface area contributed by atoms with E-state index < -0.39 is 0 Å². The fourth-order valence-electron chi connectivity index (χ4n) is 3.40. The molecule has 2 heterocycles. The lowest BCUT2D eigenvalue weighted by atomic mass is 9.91. The van der Waals surface area contributed by atoms with Crippen molar-refractivity contribution in [2.24, 2.45) is 0 Å². The second-order valence-corrected chi connectivity index (χ2v) is 6.80. The summed E-state index contributed by atoms with van der Waals surface area (Å²) in [7, 11) is 0. The van der Waals surface area contributed by atoms with Crippen molar-refractivity contribution in [3.8, 4) is 0 Å². The highest BCUT2D eigenvalue weighted by Crippen LogP contribution is 2.27. The summed E-state index contributed by atoms with van der Waals surface area (Å²) in [5, 5.41) is 7.22. The van der Waals surface area contributed by atoms with E-state index in [0.717, 1.165) is 56.5 Å². The van der Waals surface area contributed by atoms with Crippen LogP contribution >= 0.6 is 0 Å². The van der Waals surface area contributed by atoms with Gasteiger partial charge in [0.15, 0.2) is 0 Å². The van der Waals surface area contributed by atoms with Crippen LogP contribution in [-0.2, 0) is 19.5 Å². The highest BCUT2D eigenvalue weighted by molar-refractivity contribution is 5.87. The van der Waals surface area contributed by atoms with E-state index in [1.807, 2.05) is 10.7 Å². The fraction of sp³-hybridized carbons (Fsp3) is 0.500. The number of amides is 2. The van der Waals surface area contributed by atoms with Gasteiger partial charge in [-0.1, -0.05) is 12.1 Å². The zero-order valence-electron chi connectivity index (χ0n) is 14.1. The van der Waals surface area contributed by atoms with Gasteiger partial charge >= 0.3 is 6.03 Å². The van der Waals surface area contributed by atoms with Crippen molar-refractivity contribution in [3.05, 3.63) is 41.5 Å². The number of nitrogens with one attached hydrogen (secondary N) is 1. The van der Waals surface area contributed by atoms with E-state index in [0.29, 0.717) is 12.5 Å². The Morgan fingerprint density at radius 3 is 2.92 bits per heavy atom. The van der Waals surface area contributed by atoms with E-state index in [2.05, 4.69) is 15.4 Å². The van der Waals surface area contributed by atoms with Gasteiger partial charge in [-0.15, -0.1) is 5.10 Å². The predicted molar refractivity (Wildman–Crippen MR) is 91.6 cm³/mol. The molecule has 0 radical (unpaired) electrons. The second-order valence-electron chi connectivity index (χ2n) is 6.80. The van der Waals surface area contributed by atoms with Crippen molar-refractivity contribution in [3.63, 3.8) is 0 Å². The topological polar surface area (TPSA) is 63.1 Å². The number of fused-ring (bicyclic) bond motifs is 1. The van der Waals surface area contributed by atoms with Gasteiger partial charge in [-0.05, 0) is 49.8 Å². The van der Waals surface area contributed by atoms with Crippen LogP contribution in [0.1, 0.15) is 43.5 Å². The van der Waals surface area contributed by atoms with Crippen LogP contribution in [-0.4, -0.2) is 31.7 Å². The zero-order chi connectivity index (χ0) is 17.2. The molecular weight excluding hydrogens is 321 g/mol. The zero-order valence-corrected chi connectivity index (χ0v) is 14.1. The smallest absolute Gasteiger partial charge is 0.317 e. The number of aromatic nitrogens is 3. The van der Waals surface area contributed by atoms with Crippen molar-refractivity contribution in [1.29, 1.82) is 0 Å². The van der Waals surface area contributed by atoms with Gasteiger partial charge in [-0.2, -0.15) is 4.98 Å². The van der Waals surface area contributed by atoms with Crippen LogP contribution in [0.25, 0.3) is 0 Å². The van der Waals surface area contributed by atoms with Gasteiger partial charge in [0.25, 0.3) is 0 Å². The summed E-state index contributed by atoms with van der Waals surface area (Å²) in [5.74, 6) is 1.02. The summed E-state index contributed by atoms with van der Waals surface area (Å²) in [4.78, 5) is 19.0. The summed E-state index contributed by atoms with van der Waals surface area (Å²) in [6, 6.07) is 6.39. The lowest BCUT2D eigenvalue weighted by Gasteiger charge is -2.37. The van der Waals surface area contributed by atoms with Gasteiger partial charge in [0.2, 0.25) is 5.95 Å². The van der Waals surface area contributed by atoms with E-state index in [1.165, 1.54) is 12.1 Å². The molecule has 1 aromatic heterocycles. The van der Waals surface area contributed by atoms with Gasteiger partial charge in [0.1, 0.15) is 11.6 Å². The lowest BCUT2D eigenvalue weighted by molar-refractivity contribution is 0.143. The number of carbonyl (C=O) groups excluding carboxylic acids is 1. The molecule has 1 saturated carbocycles. The Hall–Kier alpha value is -2.44. The number of aryl methyl sites for hydroxylation is 2. The quantitative estimate of drug-likeness (QED) is 0.926. The molecule has 0 unspecified atom stereocenters. The van der Waals surface area contributed by atoms with Crippen molar-refractivity contribution in [2.75, 3.05) is 5.32 Å². The van der Waals surface area contributed by atoms with Gasteiger partial charge in [-0.3, -0.25) is 5.32 Å². The van der Waals surface area contributed by atoms with E-state index in [-0.39, 0.29) is 17.9 Å². The Kier molecular flexibility index (Phi) is 4.38. The molecule has 1 aromatic carbocycles. The van der Waals surface area contributed by atoms with Crippen molar-refractivity contribution < 1.29 is 9.18 Å². The van der Waals surface area contributed by atoms with Crippen LogP contribution in [0.15, 0.2) is 24.3 Å². The number of benzene rings is 1. The molecule has 7 heteroatoms. The molecule has 25 heavy (non-hydrogen) atoms. The number of halogens is 1. The van der Waals surface area contributed by atoms with Crippen LogP contribution in [0.5, 0.6) is 0 Å². The SMILES string of the molecule is O=C(Nc1nc2n(n1)CCCC2)N(Cc1cccc(F)c1)C1CCC1. The van der Waals surface area contributed by atoms with Gasteiger partial charge in [0.05, 0.1) is 0 Å². The summed E-state index contributed by atoms with van der Waals surface area (Å²) in [5.41, 5.74) is 0.791. The molecule has 1 fully saturated rings. The Balaban J connectivity index is 1.48. The van der Waals surface area contributed by atoms with Crippen LogP contribution in [0.3, 0.4) is 0 Å². The molecule has 1 aliphatic heterocycles. The van der Waals surface area contributed by atoms with E-state index in [1.54, 1.807) is 11.0 Å². The number of anilines is 1. The summed E-state index contributed by atoms with van der Waals surface area (Å²) >= 11 is 0. The van der Waals surface area contributed by atoms with Gasteiger partial charge < -0.3 is 4.90 Å². The van der Waals surface area contributed by atoms with Crippen LogP contribution < -0.4 is 5.32 Å². The minimum atomic E-state index is -0.282. The lowest BCUT2D eigenvalue weighted by Crippen LogP contribution is -2.45. The first kappa shape index (κ1) is 16.1. The average Bonchev–Trinajstić information content (AvgIpc) is 2.94. The molecule has 4 rings (SSSR count). The van der Waals surface area contributed by atoms with E-state index in [4.69, 9.17) is 0 Å². The normalized spacial score (nSPS) is 16.8. The maximum absolute atomic E-state index is 13.5. The number of nitrogens with zero attached hydrogens (tertiary/aromatic N) is 4. The third-order valence-corrected chi connectivity index (χ3v) is 5.01. The van der Waals surface area contributed by atoms with Crippen molar-refractivity contribution >= 4 is 12.0 Å². The molecule has 1 N–H and O–H groups in total. The third-order valence-electron chi connectivity index (χ3n) is 5.01. The molecule has 6 nitrogen and oxygen atoms in total. The first-order chi connectivity index (χ1) is 12.2. The molecule has 0 bridgehead atoms. The predicted octanol–water partition coefficient (Wildman–Crippen LogP) is 3.34. The number of hydrogen-bond donors (Lipinski definition) is 1. The molecule has 1 aliphatic carbocycles. The third kappa shape index (κ3) is 3.50. The molecule has 2 aliphatic rings. The number of carbonyl (C=O) groups is 1. The summed E-state index contributed by atoms with van der Waals surface area (Å²) in [6.07, 6.45) is 6.19. The first-order valence-corrected chi connectivity index (χ1v) is 8.95. The van der Waals surface area contributed by atoms with Gasteiger partial charge in [-0.25, -0.2) is 13.9 Å². The first-order valence-electron chi connectivity index (χ1n) is 8.95. The minimum Gasteiger partial charge on any atom is -0.317 e. The van der Waals surface area contributed by atoms with E-state index >= 15 is 0 Å². The maximum Gasteiger partial charge on any atom is 0.324 e. The Morgan fingerprint density at radius 1 is 1.32 bits per heavy atom. The largest absolute Gasteiger partial charge is 0.324 e. The van der Waals surface area contributed by atoms with Crippen LogP contribution in [0.2, 0.25) is 0 Å². The van der Waals surface area contributed by atoms with Crippen LogP contribution in [0, 0.1) is 5.82 Å². The van der Waals surface area contributed by atoms with E-state index in [9.17, 15) is 9.18 Å². The Bertz CT molecular complexity index is 747. The van der Waals surface area contributed by atoms with Crippen molar-refractivity contribution in [1.82, 2.24) is 19.7 Å². The molecule has 132 valence electrons. The molecule has 0 saturated heterocycles. The average molecular weight is 343 g/mol. The van der Waals surface area contributed by atoms with Crippen molar-refractivity contribution in [2.45, 2.75) is 57.7 Å². The van der Waals surface area contributed by atoms with Crippen LogP contribution in [0.4, 0.5) is 15.1 Å². The standard InChI is InChI=1S/C18H22FN5O/c19-14-6-3-5-13(11-14)12-23(15-7-4-8-15)18(25)21-17-20-16-9-1-2-10-24(16)22-17/h3,5-6,11,15H,1-2,4,7-10,12H2,(H,21,22,25). The summed E-state index contributed by atoms with van der Waals surface area (Å²) in [6.45, 7) is 1.25. The fourth-order valence-corrected chi connectivity index (χ4v) is 3.40. The highest BCUT2D eigenvalue weighted by atomic mass is 19.1. The van der Waals surface area contributed by atoms with Gasteiger partial charge in [0, 0.05) is 25.6 Å². The molecular formula is C18H22FN5O. The molecule has 2 amide bonds. The maximum atomic E-state index is 13.5. The second kappa shape index (κ2) is 6.82.